The minimum Gasteiger partial charge on any atom is -0.0599 e. The van der Waals surface area contributed by atoms with Crippen LogP contribution in [0.1, 0.15) is 26.7 Å². The highest BCUT2D eigenvalue weighted by atomic mass is 14.1. The maximum absolute atomic E-state index is 3.92. The van der Waals surface area contributed by atoms with Crippen LogP contribution >= 0.6 is 0 Å². The summed E-state index contributed by atoms with van der Waals surface area (Å²) >= 11 is 0. The van der Waals surface area contributed by atoms with Gasteiger partial charge in [0.1, 0.15) is 0 Å². The predicted molar refractivity (Wildman–Crippen MR) is 33.7 cm³/mol. The van der Waals surface area contributed by atoms with Crippen molar-refractivity contribution in [1.29, 1.82) is 0 Å². The smallest absolute Gasteiger partial charge is 0.0354 e. The van der Waals surface area contributed by atoms with Crippen LogP contribution in [0.25, 0.3) is 0 Å². The molecule has 0 aromatic rings. The predicted octanol–water partition coefficient (Wildman–Crippen LogP) is 2.46. The highest BCUT2D eigenvalue weighted by Gasteiger charge is 2.06. The third kappa shape index (κ3) is 6.00. The minimum absolute atomic E-state index is 0.238. The second kappa shape index (κ2) is 2.34. The van der Waals surface area contributed by atoms with Gasteiger partial charge >= 0.3 is 0 Å². The molecule has 0 N–H and O–H groups in total. The Morgan fingerprint density at radius 2 is 1.86 bits per heavy atom. The van der Waals surface area contributed by atoms with E-state index in [4.69, 9.17) is 0 Å². The van der Waals surface area contributed by atoms with Crippen LogP contribution in [0.15, 0.2) is 0 Å². The summed E-state index contributed by atoms with van der Waals surface area (Å²) in [5, 5.41) is 0. The van der Waals surface area contributed by atoms with Crippen molar-refractivity contribution in [3.63, 3.8) is 0 Å². The molecule has 0 unspecified atom stereocenters. The molecule has 0 saturated heterocycles. The minimum atomic E-state index is 0.238. The molecule has 0 aromatic heterocycles. The van der Waals surface area contributed by atoms with Crippen LogP contribution in [-0.4, -0.2) is 0 Å². The molecule has 0 fully saturated rings. The molecule has 0 heteroatoms. The highest BCUT2D eigenvalue weighted by Crippen LogP contribution is 2.18. The summed E-state index contributed by atoms with van der Waals surface area (Å²) in [6.07, 6.45) is 2.11. The van der Waals surface area contributed by atoms with E-state index < -0.39 is 0 Å². The number of hydrogen-bond donors (Lipinski definition) is 0. The van der Waals surface area contributed by atoms with E-state index in [2.05, 4.69) is 27.7 Å². The van der Waals surface area contributed by atoms with Crippen LogP contribution in [0.2, 0.25) is 0 Å². The van der Waals surface area contributed by atoms with E-state index in [-0.39, 0.29) is 5.41 Å². The van der Waals surface area contributed by atoms with E-state index in [1.807, 2.05) is 0 Å². The van der Waals surface area contributed by atoms with Gasteiger partial charge in [0.2, 0.25) is 0 Å². The first-order valence-corrected chi connectivity index (χ1v) is 2.71. The quantitative estimate of drug-likeness (QED) is 0.497. The van der Waals surface area contributed by atoms with Crippen molar-refractivity contribution in [2.24, 2.45) is 5.41 Å². The van der Waals surface area contributed by atoms with Crippen LogP contribution in [0.3, 0.4) is 0 Å². The van der Waals surface area contributed by atoms with Gasteiger partial charge in [0.25, 0.3) is 0 Å². The second-order valence-corrected chi connectivity index (χ2v) is 2.77. The summed E-state index contributed by atoms with van der Waals surface area (Å²) in [6, 6.07) is 0. The summed E-state index contributed by atoms with van der Waals surface area (Å²) in [4.78, 5) is 0. The highest BCUT2D eigenvalue weighted by molar-refractivity contribution is 4.70. The fourth-order valence-electron chi connectivity index (χ4n) is 0.479. The van der Waals surface area contributed by atoms with Gasteiger partial charge in [-0.3, -0.25) is 0 Å². The molecule has 0 saturated carbocycles. The Bertz CT molecular complexity index is 38.5. The first kappa shape index (κ1) is 7.00. The van der Waals surface area contributed by atoms with Crippen LogP contribution in [0, 0.1) is 19.3 Å². The Labute approximate surface area is 46.9 Å². The Morgan fingerprint density at radius 1 is 1.43 bits per heavy atom. The molecule has 2 radical (unpaired) electrons. The van der Waals surface area contributed by atoms with Crippen molar-refractivity contribution in [2.75, 3.05) is 0 Å². The summed E-state index contributed by atoms with van der Waals surface area (Å²) in [5.74, 6) is 0. The lowest BCUT2D eigenvalue weighted by molar-refractivity contribution is 0.437. The van der Waals surface area contributed by atoms with Crippen LogP contribution in [0.4, 0.5) is 0 Å². The van der Waals surface area contributed by atoms with Crippen molar-refractivity contribution in [2.45, 2.75) is 26.7 Å². The van der Waals surface area contributed by atoms with Gasteiger partial charge in [-0.05, 0) is 18.8 Å². The lowest BCUT2D eigenvalue weighted by atomic mass is 9.91. The molecule has 42 valence electrons. The molecule has 7 heavy (non-hydrogen) atoms. The zero-order valence-corrected chi connectivity index (χ0v) is 5.33. The SMILES string of the molecule is [CH2]CCC([CH2])(C)C. The normalized spacial score (nSPS) is 12.0. The van der Waals surface area contributed by atoms with Crippen molar-refractivity contribution < 1.29 is 0 Å². The van der Waals surface area contributed by atoms with Gasteiger partial charge in [-0.15, -0.1) is 0 Å². The third-order valence-electron chi connectivity index (χ3n) is 0.854. The lowest BCUT2D eigenvalue weighted by Gasteiger charge is -2.14. The molecule has 0 nitrogen and oxygen atoms in total. The summed E-state index contributed by atoms with van der Waals surface area (Å²) in [5.41, 5.74) is 0.238. The number of rotatable bonds is 2. The maximum Gasteiger partial charge on any atom is -0.0354 e. The summed E-state index contributed by atoms with van der Waals surface area (Å²) < 4.78 is 0. The van der Waals surface area contributed by atoms with E-state index >= 15 is 0 Å². The molecule has 0 atom stereocenters. The fourth-order valence-corrected chi connectivity index (χ4v) is 0.479. The molecule has 0 amide bonds. The summed E-state index contributed by atoms with van der Waals surface area (Å²) in [6.45, 7) is 11.9. The van der Waals surface area contributed by atoms with Crippen LogP contribution in [-0.2, 0) is 0 Å². The first-order chi connectivity index (χ1) is 3.06. The molecule has 0 rings (SSSR count). The maximum atomic E-state index is 3.92. The van der Waals surface area contributed by atoms with Gasteiger partial charge in [-0.1, -0.05) is 27.2 Å². The second-order valence-electron chi connectivity index (χ2n) is 2.77. The van der Waals surface area contributed by atoms with Gasteiger partial charge < -0.3 is 0 Å². The van der Waals surface area contributed by atoms with Crippen LogP contribution in [0.5, 0.6) is 0 Å². The molecule has 0 aliphatic carbocycles. The van der Waals surface area contributed by atoms with Crippen molar-refractivity contribution >= 4 is 0 Å². The van der Waals surface area contributed by atoms with Gasteiger partial charge in [-0.2, -0.15) is 0 Å². The fraction of sp³-hybridized carbons (Fsp3) is 0.714. The van der Waals surface area contributed by atoms with Gasteiger partial charge in [0, 0.05) is 0 Å². The van der Waals surface area contributed by atoms with Crippen molar-refractivity contribution in [1.82, 2.24) is 0 Å². The Balaban J connectivity index is 3.15. The largest absolute Gasteiger partial charge is 0.0599 e. The molecular formula is C7H14. The summed E-state index contributed by atoms with van der Waals surface area (Å²) in [7, 11) is 0. The molecule has 0 bridgehead atoms. The van der Waals surface area contributed by atoms with E-state index in [0.717, 1.165) is 12.8 Å². The van der Waals surface area contributed by atoms with Crippen LogP contribution < -0.4 is 0 Å². The molecule has 0 aromatic carbocycles. The monoisotopic (exact) mass is 98.1 g/mol. The van der Waals surface area contributed by atoms with Gasteiger partial charge in [-0.25, -0.2) is 0 Å². The topological polar surface area (TPSA) is 0 Å². The van der Waals surface area contributed by atoms with Gasteiger partial charge in [0.15, 0.2) is 0 Å². The molecular weight excluding hydrogens is 84.1 g/mol. The number of hydrogen-bond acceptors (Lipinski definition) is 0. The average molecular weight is 98.2 g/mol. The van der Waals surface area contributed by atoms with E-state index in [9.17, 15) is 0 Å². The zero-order valence-electron chi connectivity index (χ0n) is 5.33. The first-order valence-electron chi connectivity index (χ1n) is 2.71. The Kier molecular flexibility index (Phi) is 2.34. The standard InChI is InChI=1S/C7H14/c1-5-6-7(2,3)4/h1-2,5-6H2,3-4H3. The van der Waals surface area contributed by atoms with E-state index in [1.165, 1.54) is 0 Å². The molecule has 0 heterocycles. The Morgan fingerprint density at radius 3 is 1.86 bits per heavy atom. The van der Waals surface area contributed by atoms with Crippen molar-refractivity contribution in [3.05, 3.63) is 13.8 Å². The van der Waals surface area contributed by atoms with E-state index in [1.54, 1.807) is 0 Å². The lowest BCUT2D eigenvalue weighted by Crippen LogP contribution is -2.03. The zero-order chi connectivity index (χ0) is 5.91. The molecule has 0 aliphatic rings. The van der Waals surface area contributed by atoms with E-state index in [0.29, 0.717) is 0 Å². The average Bonchev–Trinajstić information content (AvgIpc) is 1.30. The molecule has 0 aliphatic heterocycles. The Hall–Kier alpha value is 0. The van der Waals surface area contributed by atoms with Crippen molar-refractivity contribution in [3.8, 4) is 0 Å². The van der Waals surface area contributed by atoms with Gasteiger partial charge in [0.05, 0.1) is 0 Å². The third-order valence-corrected chi connectivity index (χ3v) is 0.854. The molecule has 0 spiro atoms.